The standard InChI is InChI=1S/C31H35FN4O2/c1-5-30(2,3)18-26-20-34-28(35-26)31(4,36(29(37)38)21-23-9-7-6-8-10-23)17-22-11-13-24(14-12-22)27-16-15-25(32)19-33-27/h6-16,19-20H,5,17-18,21H2,1-4H3,(H,34,35)(H,37,38). The molecule has 1 atom stereocenters. The minimum Gasteiger partial charge on any atom is -0.465 e. The van der Waals surface area contributed by atoms with Crippen LogP contribution in [0.2, 0.25) is 0 Å². The van der Waals surface area contributed by atoms with E-state index in [1.807, 2.05) is 67.7 Å². The average Bonchev–Trinajstić information content (AvgIpc) is 3.37. The lowest BCUT2D eigenvalue weighted by Crippen LogP contribution is -2.48. The number of carboxylic acid groups (broad SMARTS) is 1. The number of imidazole rings is 1. The normalized spacial score (nSPS) is 13.2. The molecule has 6 nitrogen and oxygen atoms in total. The predicted octanol–water partition coefficient (Wildman–Crippen LogP) is 7.23. The zero-order valence-corrected chi connectivity index (χ0v) is 22.4. The van der Waals surface area contributed by atoms with Crippen LogP contribution < -0.4 is 0 Å². The first-order valence-electron chi connectivity index (χ1n) is 12.9. The lowest BCUT2D eigenvalue weighted by Gasteiger charge is -2.38. The van der Waals surface area contributed by atoms with Gasteiger partial charge in [0, 0.05) is 18.2 Å². The van der Waals surface area contributed by atoms with Crippen molar-refractivity contribution in [3.8, 4) is 11.3 Å². The summed E-state index contributed by atoms with van der Waals surface area (Å²) in [6, 6.07) is 20.4. The molecule has 2 aromatic heterocycles. The Morgan fingerprint density at radius 3 is 2.29 bits per heavy atom. The fourth-order valence-corrected chi connectivity index (χ4v) is 4.61. The maximum Gasteiger partial charge on any atom is 0.408 e. The Labute approximate surface area is 223 Å². The molecule has 0 radical (unpaired) electrons. The van der Waals surface area contributed by atoms with Gasteiger partial charge in [-0.05, 0) is 42.0 Å². The van der Waals surface area contributed by atoms with Crippen LogP contribution in [-0.4, -0.2) is 31.1 Å². The summed E-state index contributed by atoms with van der Waals surface area (Å²) in [7, 11) is 0. The van der Waals surface area contributed by atoms with Gasteiger partial charge in [-0.2, -0.15) is 0 Å². The molecule has 0 saturated heterocycles. The number of pyridine rings is 1. The van der Waals surface area contributed by atoms with E-state index >= 15 is 0 Å². The highest BCUT2D eigenvalue weighted by atomic mass is 19.1. The van der Waals surface area contributed by atoms with Crippen LogP contribution in [-0.2, 0) is 24.9 Å². The average molecular weight is 515 g/mol. The first-order chi connectivity index (χ1) is 18.1. The first-order valence-corrected chi connectivity index (χ1v) is 12.9. The summed E-state index contributed by atoms with van der Waals surface area (Å²) in [4.78, 5) is 26.6. The molecule has 4 rings (SSSR count). The Morgan fingerprint density at radius 2 is 1.68 bits per heavy atom. The summed E-state index contributed by atoms with van der Waals surface area (Å²) in [6.07, 6.45) is 4.29. The number of amides is 1. The van der Waals surface area contributed by atoms with Gasteiger partial charge in [0.25, 0.3) is 0 Å². The van der Waals surface area contributed by atoms with E-state index < -0.39 is 11.6 Å². The van der Waals surface area contributed by atoms with E-state index in [0.29, 0.717) is 17.9 Å². The van der Waals surface area contributed by atoms with Crippen LogP contribution in [0.15, 0.2) is 79.1 Å². The van der Waals surface area contributed by atoms with Crippen molar-refractivity contribution in [1.29, 1.82) is 0 Å². The third-order valence-electron chi connectivity index (χ3n) is 7.29. The van der Waals surface area contributed by atoms with Gasteiger partial charge in [0.2, 0.25) is 0 Å². The van der Waals surface area contributed by atoms with Crippen molar-refractivity contribution in [3.05, 3.63) is 108 Å². The Balaban J connectivity index is 1.70. The number of nitrogens with zero attached hydrogens (tertiary/aromatic N) is 3. The zero-order valence-electron chi connectivity index (χ0n) is 22.4. The number of aromatic amines is 1. The quantitative estimate of drug-likeness (QED) is 0.234. The number of carbonyl (C=O) groups is 1. The van der Waals surface area contributed by atoms with Crippen LogP contribution in [0.3, 0.4) is 0 Å². The predicted molar refractivity (Wildman–Crippen MR) is 147 cm³/mol. The molecule has 0 spiro atoms. The van der Waals surface area contributed by atoms with E-state index in [1.54, 1.807) is 6.07 Å². The molecule has 0 fully saturated rings. The molecule has 0 aliphatic heterocycles. The first kappa shape index (κ1) is 27.0. The molecule has 1 unspecified atom stereocenters. The molecule has 38 heavy (non-hydrogen) atoms. The number of H-pyrrole nitrogens is 1. The van der Waals surface area contributed by atoms with Crippen molar-refractivity contribution >= 4 is 6.09 Å². The van der Waals surface area contributed by atoms with Gasteiger partial charge >= 0.3 is 6.09 Å². The molecular formula is C31H35FN4O2. The number of rotatable bonds is 10. The minimum absolute atomic E-state index is 0.0869. The minimum atomic E-state index is -1.02. The number of hydrogen-bond donors (Lipinski definition) is 2. The van der Waals surface area contributed by atoms with Gasteiger partial charge in [0.05, 0.1) is 24.1 Å². The number of hydrogen-bond acceptors (Lipinski definition) is 3. The van der Waals surface area contributed by atoms with E-state index in [9.17, 15) is 14.3 Å². The van der Waals surface area contributed by atoms with Crippen LogP contribution in [0.5, 0.6) is 0 Å². The lowest BCUT2D eigenvalue weighted by atomic mass is 9.85. The summed E-state index contributed by atoms with van der Waals surface area (Å²) in [5.74, 6) is 0.232. The van der Waals surface area contributed by atoms with Gasteiger partial charge in [-0.1, -0.05) is 81.8 Å². The maximum atomic E-state index is 13.3. The van der Waals surface area contributed by atoms with Crippen LogP contribution in [0.4, 0.5) is 9.18 Å². The van der Waals surface area contributed by atoms with Crippen molar-refractivity contribution < 1.29 is 14.3 Å². The fourth-order valence-electron chi connectivity index (χ4n) is 4.61. The third kappa shape index (κ3) is 6.28. The maximum absolute atomic E-state index is 13.3. The second-order valence-electron chi connectivity index (χ2n) is 10.8. The van der Waals surface area contributed by atoms with Crippen molar-refractivity contribution in [2.45, 2.75) is 59.0 Å². The lowest BCUT2D eigenvalue weighted by molar-refractivity contribution is 0.0719. The highest BCUT2D eigenvalue weighted by Gasteiger charge is 2.40. The zero-order chi connectivity index (χ0) is 27.3. The van der Waals surface area contributed by atoms with Crippen LogP contribution >= 0.6 is 0 Å². The van der Waals surface area contributed by atoms with Gasteiger partial charge in [0.1, 0.15) is 17.2 Å². The molecule has 2 heterocycles. The van der Waals surface area contributed by atoms with E-state index in [4.69, 9.17) is 4.98 Å². The fraction of sp³-hybridized carbons (Fsp3) is 0.323. The summed E-state index contributed by atoms with van der Waals surface area (Å²) in [6.45, 7) is 8.72. The molecular weight excluding hydrogens is 479 g/mol. The van der Waals surface area contributed by atoms with Gasteiger partial charge in [-0.25, -0.2) is 14.2 Å². The molecule has 2 N–H and O–H groups in total. The van der Waals surface area contributed by atoms with Gasteiger partial charge in [-0.15, -0.1) is 0 Å². The molecule has 0 aliphatic carbocycles. The van der Waals surface area contributed by atoms with Crippen LogP contribution in [0.1, 0.15) is 56.8 Å². The number of halogens is 1. The molecule has 0 bridgehead atoms. The van der Waals surface area contributed by atoms with Crippen LogP contribution in [0.25, 0.3) is 11.3 Å². The summed E-state index contributed by atoms with van der Waals surface area (Å²) in [5.41, 5.74) is 3.42. The summed E-state index contributed by atoms with van der Waals surface area (Å²) in [5, 5.41) is 10.4. The Kier molecular flexibility index (Phi) is 7.95. The Morgan fingerprint density at radius 1 is 0.974 bits per heavy atom. The molecule has 0 saturated carbocycles. The van der Waals surface area contributed by atoms with Crippen molar-refractivity contribution in [3.63, 3.8) is 0 Å². The number of nitrogens with one attached hydrogen (secondary N) is 1. The van der Waals surface area contributed by atoms with Gasteiger partial charge < -0.3 is 10.1 Å². The number of benzene rings is 2. The van der Waals surface area contributed by atoms with Crippen molar-refractivity contribution in [2.24, 2.45) is 5.41 Å². The van der Waals surface area contributed by atoms with E-state index in [1.165, 1.54) is 17.2 Å². The van der Waals surface area contributed by atoms with E-state index in [-0.39, 0.29) is 17.8 Å². The summed E-state index contributed by atoms with van der Waals surface area (Å²) < 4.78 is 13.3. The van der Waals surface area contributed by atoms with E-state index in [0.717, 1.165) is 35.2 Å². The van der Waals surface area contributed by atoms with E-state index in [2.05, 4.69) is 30.7 Å². The molecule has 0 aliphatic rings. The molecule has 1 amide bonds. The molecule has 4 aromatic rings. The Hall–Kier alpha value is -4.00. The molecule has 2 aromatic carbocycles. The smallest absolute Gasteiger partial charge is 0.408 e. The topological polar surface area (TPSA) is 82.1 Å². The van der Waals surface area contributed by atoms with Crippen LogP contribution in [0, 0.1) is 11.2 Å². The van der Waals surface area contributed by atoms with Crippen molar-refractivity contribution in [1.82, 2.24) is 19.9 Å². The molecule has 198 valence electrons. The van der Waals surface area contributed by atoms with Gasteiger partial charge in [0.15, 0.2) is 0 Å². The number of aromatic nitrogens is 3. The van der Waals surface area contributed by atoms with Crippen molar-refractivity contribution in [2.75, 3.05) is 0 Å². The second-order valence-corrected chi connectivity index (χ2v) is 10.8. The summed E-state index contributed by atoms with van der Waals surface area (Å²) >= 11 is 0. The highest BCUT2D eigenvalue weighted by molar-refractivity contribution is 5.67. The largest absolute Gasteiger partial charge is 0.465 e. The highest BCUT2D eigenvalue weighted by Crippen LogP contribution is 2.34. The molecule has 7 heteroatoms. The monoisotopic (exact) mass is 514 g/mol. The Bertz CT molecular complexity index is 1350. The van der Waals surface area contributed by atoms with Gasteiger partial charge in [-0.3, -0.25) is 9.88 Å². The second kappa shape index (κ2) is 11.2. The SMILES string of the molecule is CCC(C)(C)Cc1c[nH]c(C(C)(Cc2ccc(-c3ccc(F)cn3)cc2)N(Cc2ccccc2)C(=O)O)n1. The third-order valence-corrected chi connectivity index (χ3v) is 7.29.